The van der Waals surface area contributed by atoms with Crippen molar-refractivity contribution in [2.75, 3.05) is 7.11 Å². The molecular weight excluding hydrogens is 324 g/mol. The van der Waals surface area contributed by atoms with Gasteiger partial charge < -0.3 is 14.8 Å². The van der Waals surface area contributed by atoms with Gasteiger partial charge in [0.1, 0.15) is 19.7 Å². The molecule has 26 heavy (non-hydrogen) atoms. The molecule has 0 radical (unpaired) electrons. The molecule has 0 saturated carbocycles. The molecule has 0 aliphatic carbocycles. The number of nitrogens with zero attached hydrogens (tertiary/aromatic N) is 1. The van der Waals surface area contributed by atoms with Gasteiger partial charge in [-0.15, -0.1) is 0 Å². The maximum absolute atomic E-state index is 5.95. The lowest BCUT2D eigenvalue weighted by Crippen LogP contribution is -2.80. The molecular formula is C22H25N2O2+. The third kappa shape index (κ3) is 5.07. The van der Waals surface area contributed by atoms with E-state index in [-0.39, 0.29) is 0 Å². The molecule has 0 fully saturated rings. The number of pyridine rings is 1. The molecule has 1 heterocycles. The molecule has 2 N–H and O–H groups in total. The fourth-order valence-electron chi connectivity index (χ4n) is 2.85. The summed E-state index contributed by atoms with van der Waals surface area (Å²) in [7, 11) is 1.68. The first kappa shape index (κ1) is 18.0. The van der Waals surface area contributed by atoms with Gasteiger partial charge >= 0.3 is 0 Å². The predicted octanol–water partition coefficient (Wildman–Crippen LogP) is 3.24. The Morgan fingerprint density at radius 1 is 0.885 bits per heavy atom. The van der Waals surface area contributed by atoms with Crippen molar-refractivity contribution < 1.29 is 14.8 Å². The van der Waals surface area contributed by atoms with E-state index < -0.39 is 0 Å². The highest BCUT2D eigenvalue weighted by atomic mass is 16.5. The van der Waals surface area contributed by atoms with Gasteiger partial charge in [0.05, 0.1) is 7.11 Å². The quantitative estimate of drug-likeness (QED) is 0.679. The van der Waals surface area contributed by atoms with E-state index >= 15 is 0 Å². The molecule has 4 heteroatoms. The molecule has 0 saturated heterocycles. The second-order valence-corrected chi connectivity index (χ2v) is 6.32. The fraction of sp³-hybridized carbons (Fsp3) is 0.227. The summed E-state index contributed by atoms with van der Waals surface area (Å²) in [5, 5.41) is 2.25. The molecule has 0 aliphatic heterocycles. The van der Waals surface area contributed by atoms with Crippen LogP contribution >= 0.6 is 0 Å². The molecule has 2 aromatic carbocycles. The molecule has 3 aromatic rings. The van der Waals surface area contributed by atoms with Gasteiger partial charge in [0.2, 0.25) is 0 Å². The molecule has 0 aliphatic rings. The van der Waals surface area contributed by atoms with E-state index in [1.165, 1.54) is 16.7 Å². The van der Waals surface area contributed by atoms with Crippen molar-refractivity contribution in [1.29, 1.82) is 0 Å². The van der Waals surface area contributed by atoms with Crippen LogP contribution in [-0.2, 0) is 19.7 Å². The second kappa shape index (κ2) is 9.02. The Morgan fingerprint density at radius 3 is 2.50 bits per heavy atom. The average Bonchev–Trinajstić information content (AvgIpc) is 2.67. The summed E-state index contributed by atoms with van der Waals surface area (Å²) in [5.41, 5.74) is 4.81. The van der Waals surface area contributed by atoms with E-state index in [1.807, 2.05) is 30.5 Å². The zero-order valence-electron chi connectivity index (χ0n) is 15.3. The Balaban J connectivity index is 1.58. The van der Waals surface area contributed by atoms with Crippen LogP contribution in [0.4, 0.5) is 0 Å². The minimum Gasteiger partial charge on any atom is -0.493 e. The van der Waals surface area contributed by atoms with E-state index in [1.54, 1.807) is 13.3 Å². The van der Waals surface area contributed by atoms with Crippen molar-refractivity contribution in [3.8, 4) is 11.5 Å². The Hall–Kier alpha value is -2.85. The molecule has 0 atom stereocenters. The molecule has 1 aromatic heterocycles. The molecule has 0 unspecified atom stereocenters. The lowest BCUT2D eigenvalue weighted by Gasteiger charge is -2.12. The third-order valence-electron chi connectivity index (χ3n) is 4.19. The topological polar surface area (TPSA) is 48.0 Å². The van der Waals surface area contributed by atoms with Crippen LogP contribution in [0.3, 0.4) is 0 Å². The van der Waals surface area contributed by atoms with Crippen LogP contribution in [0, 0.1) is 6.92 Å². The van der Waals surface area contributed by atoms with Gasteiger partial charge in [-0.1, -0.05) is 35.9 Å². The standard InChI is InChI=1S/C22H24N2O2/c1-17-5-3-6-19(11-17)16-26-21-9-8-18(12-22(21)25-2)13-24-15-20-7-4-10-23-14-20/h3-12,14,24H,13,15-16H2,1-2H3/p+1. The summed E-state index contributed by atoms with van der Waals surface area (Å²) < 4.78 is 11.5. The normalized spacial score (nSPS) is 10.5. The SMILES string of the molecule is COc1cc(C[NH2+]Cc2cccnc2)ccc1OCc1cccc(C)c1. The smallest absolute Gasteiger partial charge is 0.161 e. The first-order chi connectivity index (χ1) is 12.7. The number of quaternary nitrogens is 1. The van der Waals surface area contributed by atoms with Crippen molar-refractivity contribution in [2.45, 2.75) is 26.6 Å². The van der Waals surface area contributed by atoms with Gasteiger partial charge in [-0.05, 0) is 36.8 Å². The Labute approximate surface area is 154 Å². The highest BCUT2D eigenvalue weighted by Gasteiger charge is 2.08. The third-order valence-corrected chi connectivity index (χ3v) is 4.19. The van der Waals surface area contributed by atoms with Crippen LogP contribution in [0.5, 0.6) is 11.5 Å². The van der Waals surface area contributed by atoms with Gasteiger partial charge in [-0.25, -0.2) is 0 Å². The van der Waals surface area contributed by atoms with Gasteiger partial charge in [0, 0.05) is 23.5 Å². The Morgan fingerprint density at radius 2 is 1.73 bits per heavy atom. The number of ether oxygens (including phenoxy) is 2. The predicted molar refractivity (Wildman–Crippen MR) is 102 cm³/mol. The van der Waals surface area contributed by atoms with E-state index in [9.17, 15) is 0 Å². The van der Waals surface area contributed by atoms with E-state index in [0.717, 1.165) is 30.2 Å². The Kier molecular flexibility index (Phi) is 6.23. The summed E-state index contributed by atoms with van der Waals surface area (Å²) in [6, 6.07) is 18.5. The lowest BCUT2D eigenvalue weighted by molar-refractivity contribution is -0.686. The monoisotopic (exact) mass is 349 g/mol. The number of benzene rings is 2. The molecule has 4 nitrogen and oxygen atoms in total. The number of aryl methyl sites for hydroxylation is 1. The van der Waals surface area contributed by atoms with E-state index in [2.05, 4.69) is 47.6 Å². The van der Waals surface area contributed by atoms with Crippen LogP contribution in [0.1, 0.15) is 22.3 Å². The van der Waals surface area contributed by atoms with Crippen LogP contribution in [0.2, 0.25) is 0 Å². The summed E-state index contributed by atoms with van der Waals surface area (Å²) in [5.74, 6) is 1.54. The number of methoxy groups -OCH3 is 1. The van der Waals surface area contributed by atoms with Crippen molar-refractivity contribution in [3.05, 3.63) is 89.2 Å². The zero-order chi connectivity index (χ0) is 18.2. The minimum atomic E-state index is 0.532. The van der Waals surface area contributed by atoms with Crippen molar-refractivity contribution in [1.82, 2.24) is 4.98 Å². The number of hydrogen-bond donors (Lipinski definition) is 1. The summed E-state index contributed by atoms with van der Waals surface area (Å²) in [4.78, 5) is 4.14. The van der Waals surface area contributed by atoms with Crippen LogP contribution < -0.4 is 14.8 Å². The van der Waals surface area contributed by atoms with Gasteiger partial charge in [0.25, 0.3) is 0 Å². The van der Waals surface area contributed by atoms with E-state index in [4.69, 9.17) is 9.47 Å². The fourth-order valence-corrected chi connectivity index (χ4v) is 2.85. The van der Waals surface area contributed by atoms with Crippen LogP contribution in [0.25, 0.3) is 0 Å². The van der Waals surface area contributed by atoms with Crippen molar-refractivity contribution >= 4 is 0 Å². The largest absolute Gasteiger partial charge is 0.493 e. The molecule has 0 amide bonds. The second-order valence-electron chi connectivity index (χ2n) is 6.32. The van der Waals surface area contributed by atoms with Gasteiger partial charge in [-0.2, -0.15) is 0 Å². The first-order valence-electron chi connectivity index (χ1n) is 8.80. The molecule has 134 valence electrons. The van der Waals surface area contributed by atoms with Crippen LogP contribution in [0.15, 0.2) is 67.0 Å². The highest BCUT2D eigenvalue weighted by Crippen LogP contribution is 2.28. The Bertz CT molecular complexity index is 835. The van der Waals surface area contributed by atoms with Crippen molar-refractivity contribution in [2.24, 2.45) is 0 Å². The summed E-state index contributed by atoms with van der Waals surface area (Å²) >= 11 is 0. The summed E-state index contributed by atoms with van der Waals surface area (Å²) in [6.45, 7) is 4.40. The number of nitrogens with two attached hydrogens (primary N) is 1. The lowest BCUT2D eigenvalue weighted by atomic mass is 10.1. The average molecular weight is 349 g/mol. The first-order valence-corrected chi connectivity index (χ1v) is 8.80. The molecule has 0 bridgehead atoms. The molecule has 0 spiro atoms. The van der Waals surface area contributed by atoms with Crippen LogP contribution in [-0.4, -0.2) is 12.1 Å². The molecule has 3 rings (SSSR count). The zero-order valence-corrected chi connectivity index (χ0v) is 15.3. The number of hydrogen-bond acceptors (Lipinski definition) is 3. The number of rotatable bonds is 8. The maximum atomic E-state index is 5.95. The van der Waals surface area contributed by atoms with E-state index in [0.29, 0.717) is 6.61 Å². The van der Waals surface area contributed by atoms with Crippen molar-refractivity contribution in [3.63, 3.8) is 0 Å². The van der Waals surface area contributed by atoms with Gasteiger partial charge in [-0.3, -0.25) is 4.98 Å². The minimum absolute atomic E-state index is 0.532. The maximum Gasteiger partial charge on any atom is 0.161 e. The number of aromatic nitrogens is 1. The summed E-state index contributed by atoms with van der Waals surface area (Å²) in [6.07, 6.45) is 3.70. The van der Waals surface area contributed by atoms with Gasteiger partial charge in [0.15, 0.2) is 11.5 Å². The highest BCUT2D eigenvalue weighted by molar-refractivity contribution is 5.43.